The highest BCUT2D eigenvalue weighted by atomic mass is 16.2. The number of nitrogens with zero attached hydrogens (tertiary/aromatic N) is 1. The first-order chi connectivity index (χ1) is 7.52. The lowest BCUT2D eigenvalue weighted by Gasteiger charge is -2.21. The molecular weight excluding hydrogens is 202 g/mol. The van der Waals surface area contributed by atoms with Crippen molar-refractivity contribution in [3.05, 3.63) is 35.9 Å². The maximum atomic E-state index is 12.0. The van der Waals surface area contributed by atoms with Crippen molar-refractivity contribution in [3.63, 3.8) is 0 Å². The van der Waals surface area contributed by atoms with Crippen LogP contribution in [0, 0.1) is 5.92 Å². The fourth-order valence-corrected chi connectivity index (χ4v) is 1.46. The Morgan fingerprint density at radius 1 is 1.19 bits per heavy atom. The van der Waals surface area contributed by atoms with Gasteiger partial charge in [0.15, 0.2) is 0 Å². The largest absolute Gasteiger partial charge is 0.279 e. The maximum Gasteiger partial charge on any atom is 0.260 e. The molecule has 0 spiro atoms. The van der Waals surface area contributed by atoms with E-state index in [2.05, 4.69) is 0 Å². The van der Waals surface area contributed by atoms with Gasteiger partial charge in [0, 0.05) is 19.0 Å². The normalized spacial score (nSPS) is 10.2. The number of amides is 2. The fraction of sp³-hybridized carbons (Fsp3) is 0.385. The van der Waals surface area contributed by atoms with Gasteiger partial charge in [0.25, 0.3) is 5.91 Å². The molecule has 3 heteroatoms. The monoisotopic (exact) mass is 219 g/mol. The summed E-state index contributed by atoms with van der Waals surface area (Å²) in [4.78, 5) is 24.7. The van der Waals surface area contributed by atoms with E-state index in [4.69, 9.17) is 0 Å². The molecule has 1 aromatic carbocycles. The van der Waals surface area contributed by atoms with E-state index in [0.29, 0.717) is 12.1 Å². The van der Waals surface area contributed by atoms with Crippen molar-refractivity contribution in [3.8, 4) is 0 Å². The molecule has 0 radical (unpaired) electrons. The van der Waals surface area contributed by atoms with Crippen LogP contribution in [0.15, 0.2) is 30.3 Å². The third-order valence-corrected chi connectivity index (χ3v) is 2.19. The van der Waals surface area contributed by atoms with E-state index in [1.807, 2.05) is 19.9 Å². The number of carbonyl (C=O) groups is 2. The summed E-state index contributed by atoms with van der Waals surface area (Å²) in [6.45, 7) is 5.84. The van der Waals surface area contributed by atoms with E-state index in [-0.39, 0.29) is 17.7 Å². The van der Waals surface area contributed by atoms with E-state index in [1.165, 1.54) is 11.8 Å². The summed E-state index contributed by atoms with van der Waals surface area (Å²) in [6.07, 6.45) is 0. The van der Waals surface area contributed by atoms with Gasteiger partial charge in [-0.1, -0.05) is 32.0 Å². The average Bonchev–Trinajstić information content (AvgIpc) is 2.25. The molecule has 0 atom stereocenters. The van der Waals surface area contributed by atoms with Crippen molar-refractivity contribution in [2.24, 2.45) is 5.92 Å². The summed E-state index contributed by atoms with van der Waals surface area (Å²) in [5, 5.41) is 0. The van der Waals surface area contributed by atoms with Crippen molar-refractivity contribution in [1.82, 2.24) is 4.90 Å². The molecule has 0 saturated heterocycles. The molecule has 0 aliphatic rings. The van der Waals surface area contributed by atoms with E-state index >= 15 is 0 Å². The number of hydrogen-bond acceptors (Lipinski definition) is 2. The van der Waals surface area contributed by atoms with Gasteiger partial charge >= 0.3 is 0 Å². The van der Waals surface area contributed by atoms with Gasteiger partial charge in [-0.2, -0.15) is 0 Å². The van der Waals surface area contributed by atoms with Crippen LogP contribution >= 0.6 is 0 Å². The zero-order valence-corrected chi connectivity index (χ0v) is 9.93. The third-order valence-electron chi connectivity index (χ3n) is 2.19. The molecule has 1 aromatic rings. The molecule has 0 heterocycles. The van der Waals surface area contributed by atoms with E-state index in [9.17, 15) is 9.59 Å². The van der Waals surface area contributed by atoms with Gasteiger partial charge in [-0.25, -0.2) is 0 Å². The number of imide groups is 1. The first-order valence-electron chi connectivity index (χ1n) is 5.40. The zero-order chi connectivity index (χ0) is 12.1. The summed E-state index contributed by atoms with van der Waals surface area (Å²) in [6, 6.07) is 8.87. The molecule has 0 bridgehead atoms. The summed E-state index contributed by atoms with van der Waals surface area (Å²) in [5.74, 6) is -0.152. The molecule has 0 saturated carbocycles. The Kier molecular flexibility index (Phi) is 4.23. The van der Waals surface area contributed by atoms with Crippen molar-refractivity contribution in [2.75, 3.05) is 6.54 Å². The van der Waals surface area contributed by atoms with Crippen LogP contribution in [0.2, 0.25) is 0 Å². The molecule has 0 unspecified atom stereocenters. The Hall–Kier alpha value is -1.64. The van der Waals surface area contributed by atoms with Gasteiger partial charge in [0.2, 0.25) is 5.91 Å². The number of hydrogen-bond donors (Lipinski definition) is 0. The van der Waals surface area contributed by atoms with Gasteiger partial charge in [0.05, 0.1) is 0 Å². The molecule has 1 rings (SSSR count). The van der Waals surface area contributed by atoms with Gasteiger partial charge in [0.1, 0.15) is 0 Å². The standard InChI is InChI=1S/C13H17NO2/c1-10(2)9-14(11(3)15)13(16)12-7-5-4-6-8-12/h4-8,10H,9H2,1-3H3. The van der Waals surface area contributed by atoms with Crippen molar-refractivity contribution >= 4 is 11.8 Å². The molecule has 0 fully saturated rings. The molecule has 2 amide bonds. The zero-order valence-electron chi connectivity index (χ0n) is 9.93. The number of carbonyl (C=O) groups excluding carboxylic acids is 2. The summed E-state index contributed by atoms with van der Waals surface area (Å²) >= 11 is 0. The quantitative estimate of drug-likeness (QED) is 0.782. The van der Waals surface area contributed by atoms with Crippen LogP contribution in [-0.4, -0.2) is 23.3 Å². The van der Waals surface area contributed by atoms with E-state index in [0.717, 1.165) is 0 Å². The molecule has 0 aliphatic carbocycles. The van der Waals surface area contributed by atoms with Crippen LogP contribution in [0.5, 0.6) is 0 Å². The van der Waals surface area contributed by atoms with Crippen molar-refractivity contribution < 1.29 is 9.59 Å². The third kappa shape index (κ3) is 3.19. The SMILES string of the molecule is CC(=O)N(CC(C)C)C(=O)c1ccccc1. The van der Waals surface area contributed by atoms with Crippen LogP contribution in [-0.2, 0) is 4.79 Å². The number of rotatable bonds is 3. The minimum absolute atomic E-state index is 0.206. The minimum Gasteiger partial charge on any atom is -0.279 e. The van der Waals surface area contributed by atoms with Crippen LogP contribution in [0.3, 0.4) is 0 Å². The molecule has 0 N–H and O–H groups in total. The average molecular weight is 219 g/mol. The van der Waals surface area contributed by atoms with Crippen LogP contribution in [0.4, 0.5) is 0 Å². The first-order valence-corrected chi connectivity index (χ1v) is 5.40. The predicted octanol–water partition coefficient (Wildman–Crippen LogP) is 2.33. The summed E-state index contributed by atoms with van der Waals surface area (Å²) in [7, 11) is 0. The van der Waals surface area contributed by atoms with Gasteiger partial charge in [-0.3, -0.25) is 14.5 Å². The molecule has 0 aliphatic heterocycles. The number of benzene rings is 1. The second-order valence-corrected chi connectivity index (χ2v) is 4.19. The highest BCUT2D eigenvalue weighted by molar-refractivity contribution is 6.04. The molecular formula is C13H17NO2. The highest BCUT2D eigenvalue weighted by Gasteiger charge is 2.19. The van der Waals surface area contributed by atoms with Gasteiger partial charge in [-0.05, 0) is 18.1 Å². The van der Waals surface area contributed by atoms with Crippen LogP contribution in [0.1, 0.15) is 31.1 Å². The van der Waals surface area contributed by atoms with Crippen molar-refractivity contribution in [1.29, 1.82) is 0 Å². The van der Waals surface area contributed by atoms with Gasteiger partial charge in [-0.15, -0.1) is 0 Å². The fourth-order valence-electron chi connectivity index (χ4n) is 1.46. The van der Waals surface area contributed by atoms with Crippen LogP contribution < -0.4 is 0 Å². The van der Waals surface area contributed by atoms with E-state index < -0.39 is 0 Å². The smallest absolute Gasteiger partial charge is 0.260 e. The second kappa shape index (κ2) is 5.45. The highest BCUT2D eigenvalue weighted by Crippen LogP contribution is 2.07. The lowest BCUT2D eigenvalue weighted by molar-refractivity contribution is -0.126. The Balaban J connectivity index is 2.88. The molecule has 86 valence electrons. The van der Waals surface area contributed by atoms with Crippen molar-refractivity contribution in [2.45, 2.75) is 20.8 Å². The topological polar surface area (TPSA) is 37.4 Å². The van der Waals surface area contributed by atoms with Crippen LogP contribution in [0.25, 0.3) is 0 Å². The summed E-state index contributed by atoms with van der Waals surface area (Å²) < 4.78 is 0. The molecule has 0 aromatic heterocycles. The summed E-state index contributed by atoms with van der Waals surface area (Å²) in [5.41, 5.74) is 0.554. The lowest BCUT2D eigenvalue weighted by atomic mass is 10.1. The molecule has 3 nitrogen and oxygen atoms in total. The Bertz CT molecular complexity index is 371. The minimum atomic E-state index is -0.221. The van der Waals surface area contributed by atoms with E-state index in [1.54, 1.807) is 24.3 Å². The lowest BCUT2D eigenvalue weighted by Crippen LogP contribution is -2.37. The predicted molar refractivity (Wildman–Crippen MR) is 63.0 cm³/mol. The second-order valence-electron chi connectivity index (χ2n) is 4.19. The Morgan fingerprint density at radius 3 is 2.19 bits per heavy atom. The first kappa shape index (κ1) is 12.4. The van der Waals surface area contributed by atoms with Gasteiger partial charge < -0.3 is 0 Å². The maximum absolute atomic E-state index is 12.0. The molecule has 16 heavy (non-hydrogen) atoms. The Labute approximate surface area is 96.1 Å². The Morgan fingerprint density at radius 2 is 1.75 bits per heavy atom.